The van der Waals surface area contributed by atoms with E-state index in [4.69, 9.17) is 0 Å². The molecule has 2 aromatic carbocycles. The lowest BCUT2D eigenvalue weighted by atomic mass is 10.0. The number of nitrogens with one attached hydrogen (secondary N) is 1. The fraction of sp³-hybridized carbons (Fsp3) is 0.333. The van der Waals surface area contributed by atoms with Crippen molar-refractivity contribution < 1.29 is 9.59 Å². The Kier molecular flexibility index (Phi) is 8.40. The van der Waals surface area contributed by atoms with Gasteiger partial charge in [0.05, 0.1) is 5.69 Å². The largest absolute Gasteiger partial charge is 0.355 e. The summed E-state index contributed by atoms with van der Waals surface area (Å²) >= 11 is 0. The molecule has 0 fully saturated rings. The number of aromatic nitrogens is 1. The standard InChI is InChI=1S/C27H33N3O2/c1-21(2)29(19-23-12-5-4-6-13-23)18-10-16-28-26(31)20-30-17-9-15-25(30)27(32)24-14-8-7-11-22(24)3/h4-9,11-15,17,21H,10,16,18-20H2,1-3H3,(H,28,31). The number of benzene rings is 2. The van der Waals surface area contributed by atoms with E-state index >= 15 is 0 Å². The van der Waals surface area contributed by atoms with Crippen LogP contribution in [0.4, 0.5) is 0 Å². The molecular weight excluding hydrogens is 398 g/mol. The van der Waals surface area contributed by atoms with E-state index in [1.165, 1.54) is 5.56 Å². The summed E-state index contributed by atoms with van der Waals surface area (Å²) in [6.07, 6.45) is 2.66. The maximum absolute atomic E-state index is 12.9. The molecule has 3 aromatic rings. The highest BCUT2D eigenvalue weighted by atomic mass is 16.2. The first kappa shape index (κ1) is 23.5. The lowest BCUT2D eigenvalue weighted by Gasteiger charge is -2.26. The minimum atomic E-state index is -0.0841. The van der Waals surface area contributed by atoms with E-state index in [1.807, 2.05) is 43.3 Å². The second-order valence-electron chi connectivity index (χ2n) is 8.42. The first-order valence-electron chi connectivity index (χ1n) is 11.3. The Labute approximate surface area is 191 Å². The zero-order chi connectivity index (χ0) is 22.9. The lowest BCUT2D eigenvalue weighted by Crippen LogP contribution is -2.35. The molecule has 0 aliphatic rings. The Morgan fingerprint density at radius 3 is 2.41 bits per heavy atom. The highest BCUT2D eigenvalue weighted by molar-refractivity contribution is 6.09. The van der Waals surface area contributed by atoms with E-state index in [-0.39, 0.29) is 18.2 Å². The summed E-state index contributed by atoms with van der Waals surface area (Å²) in [5.41, 5.74) is 3.42. The summed E-state index contributed by atoms with van der Waals surface area (Å²) in [5.74, 6) is -0.145. The second kappa shape index (κ2) is 11.4. The number of hydrogen-bond donors (Lipinski definition) is 1. The third kappa shape index (κ3) is 6.41. The first-order valence-corrected chi connectivity index (χ1v) is 11.3. The van der Waals surface area contributed by atoms with Gasteiger partial charge in [0.15, 0.2) is 0 Å². The van der Waals surface area contributed by atoms with Gasteiger partial charge in [-0.05, 0) is 50.5 Å². The number of hydrogen-bond acceptors (Lipinski definition) is 3. The van der Waals surface area contributed by atoms with E-state index in [2.05, 4.69) is 48.3 Å². The Morgan fingerprint density at radius 1 is 0.969 bits per heavy atom. The molecule has 168 valence electrons. The molecule has 1 N–H and O–H groups in total. The van der Waals surface area contributed by atoms with Crippen LogP contribution in [0.3, 0.4) is 0 Å². The van der Waals surface area contributed by atoms with E-state index in [1.54, 1.807) is 16.8 Å². The molecule has 0 unspecified atom stereocenters. The van der Waals surface area contributed by atoms with Crippen LogP contribution in [0, 0.1) is 6.92 Å². The average Bonchev–Trinajstić information content (AvgIpc) is 3.24. The molecule has 1 amide bonds. The summed E-state index contributed by atoms with van der Waals surface area (Å²) in [6, 6.07) is 22.0. The lowest BCUT2D eigenvalue weighted by molar-refractivity contribution is -0.121. The maximum Gasteiger partial charge on any atom is 0.239 e. The number of carbonyl (C=O) groups is 2. The quantitative estimate of drug-likeness (QED) is 0.361. The van der Waals surface area contributed by atoms with E-state index in [0.717, 1.165) is 25.1 Å². The normalized spacial score (nSPS) is 11.2. The topological polar surface area (TPSA) is 54.3 Å². The van der Waals surface area contributed by atoms with Gasteiger partial charge in [0, 0.05) is 37.4 Å². The molecule has 0 saturated heterocycles. The molecule has 0 atom stereocenters. The Hall–Kier alpha value is -3.18. The van der Waals surface area contributed by atoms with Gasteiger partial charge in [0.2, 0.25) is 11.7 Å². The summed E-state index contributed by atoms with van der Waals surface area (Å²) in [5, 5.41) is 3.00. The summed E-state index contributed by atoms with van der Waals surface area (Å²) in [6.45, 7) is 8.87. The van der Waals surface area contributed by atoms with Crippen molar-refractivity contribution in [3.8, 4) is 0 Å². The fourth-order valence-corrected chi connectivity index (χ4v) is 3.78. The molecule has 1 heterocycles. The molecule has 0 bridgehead atoms. The minimum Gasteiger partial charge on any atom is -0.355 e. The highest BCUT2D eigenvalue weighted by Crippen LogP contribution is 2.15. The number of rotatable bonds is 11. The van der Waals surface area contributed by atoms with Gasteiger partial charge >= 0.3 is 0 Å². The van der Waals surface area contributed by atoms with Gasteiger partial charge in [-0.3, -0.25) is 14.5 Å². The average molecular weight is 432 g/mol. The van der Waals surface area contributed by atoms with E-state index < -0.39 is 0 Å². The van der Waals surface area contributed by atoms with Crippen LogP contribution in [-0.4, -0.2) is 40.3 Å². The minimum absolute atomic E-state index is 0.0608. The van der Waals surface area contributed by atoms with E-state index in [9.17, 15) is 9.59 Å². The summed E-state index contributed by atoms with van der Waals surface area (Å²) in [7, 11) is 0. The molecule has 0 aliphatic carbocycles. The number of ketones is 1. The van der Waals surface area contributed by atoms with Crippen molar-refractivity contribution >= 4 is 11.7 Å². The van der Waals surface area contributed by atoms with Gasteiger partial charge in [0.1, 0.15) is 6.54 Å². The zero-order valence-electron chi connectivity index (χ0n) is 19.3. The SMILES string of the molecule is Cc1ccccc1C(=O)c1cccn1CC(=O)NCCCN(Cc1ccccc1)C(C)C. The van der Waals surface area contributed by atoms with Crippen LogP contribution in [0.15, 0.2) is 72.9 Å². The molecule has 32 heavy (non-hydrogen) atoms. The van der Waals surface area contributed by atoms with Crippen molar-refractivity contribution in [1.29, 1.82) is 0 Å². The number of carbonyl (C=O) groups excluding carboxylic acids is 2. The van der Waals surface area contributed by atoms with Gasteiger partial charge < -0.3 is 9.88 Å². The smallest absolute Gasteiger partial charge is 0.239 e. The third-order valence-corrected chi connectivity index (χ3v) is 5.67. The predicted octanol–water partition coefficient (Wildman–Crippen LogP) is 4.44. The Balaban J connectivity index is 1.49. The summed E-state index contributed by atoms with van der Waals surface area (Å²) < 4.78 is 1.72. The maximum atomic E-state index is 12.9. The van der Waals surface area contributed by atoms with Gasteiger partial charge in [-0.1, -0.05) is 54.6 Å². The van der Waals surface area contributed by atoms with Crippen LogP contribution < -0.4 is 5.32 Å². The molecule has 5 heteroatoms. The Bertz CT molecular complexity index is 1020. The summed E-state index contributed by atoms with van der Waals surface area (Å²) in [4.78, 5) is 27.8. The molecule has 5 nitrogen and oxygen atoms in total. The predicted molar refractivity (Wildman–Crippen MR) is 129 cm³/mol. The van der Waals surface area contributed by atoms with Crippen molar-refractivity contribution in [1.82, 2.24) is 14.8 Å². The third-order valence-electron chi connectivity index (χ3n) is 5.67. The fourth-order valence-electron chi connectivity index (χ4n) is 3.78. The molecular formula is C27H33N3O2. The van der Waals surface area contributed by atoms with Crippen LogP contribution in [-0.2, 0) is 17.9 Å². The first-order chi connectivity index (χ1) is 15.5. The van der Waals surface area contributed by atoms with Crippen LogP contribution in [0.5, 0.6) is 0 Å². The van der Waals surface area contributed by atoms with Gasteiger partial charge in [-0.2, -0.15) is 0 Å². The van der Waals surface area contributed by atoms with Crippen LogP contribution in [0.1, 0.15) is 47.4 Å². The van der Waals surface area contributed by atoms with Crippen LogP contribution >= 0.6 is 0 Å². The van der Waals surface area contributed by atoms with Crippen molar-refractivity contribution in [2.45, 2.75) is 46.3 Å². The van der Waals surface area contributed by atoms with Gasteiger partial charge in [0.25, 0.3) is 0 Å². The van der Waals surface area contributed by atoms with Gasteiger partial charge in [-0.25, -0.2) is 0 Å². The van der Waals surface area contributed by atoms with Gasteiger partial charge in [-0.15, -0.1) is 0 Å². The van der Waals surface area contributed by atoms with Crippen molar-refractivity contribution in [3.05, 3.63) is 95.3 Å². The Morgan fingerprint density at radius 2 is 1.69 bits per heavy atom. The zero-order valence-corrected chi connectivity index (χ0v) is 19.3. The molecule has 1 aromatic heterocycles. The van der Waals surface area contributed by atoms with Crippen molar-refractivity contribution in [2.24, 2.45) is 0 Å². The molecule has 0 spiro atoms. The molecule has 0 saturated carbocycles. The molecule has 0 aliphatic heterocycles. The highest BCUT2D eigenvalue weighted by Gasteiger charge is 2.16. The van der Waals surface area contributed by atoms with Crippen molar-refractivity contribution in [2.75, 3.05) is 13.1 Å². The van der Waals surface area contributed by atoms with E-state index in [0.29, 0.717) is 23.8 Å². The molecule has 0 radical (unpaired) electrons. The molecule has 3 rings (SSSR count). The monoisotopic (exact) mass is 431 g/mol. The number of aryl methyl sites for hydroxylation is 1. The number of nitrogens with zero attached hydrogens (tertiary/aromatic N) is 2. The van der Waals surface area contributed by atoms with Crippen LogP contribution in [0.25, 0.3) is 0 Å². The second-order valence-corrected chi connectivity index (χ2v) is 8.42. The van der Waals surface area contributed by atoms with Crippen LogP contribution in [0.2, 0.25) is 0 Å². The number of amides is 1. The van der Waals surface area contributed by atoms with Crippen molar-refractivity contribution in [3.63, 3.8) is 0 Å².